The topological polar surface area (TPSA) is 227 Å². The summed E-state index contributed by atoms with van der Waals surface area (Å²) in [5.74, 6) is -0.422. The van der Waals surface area contributed by atoms with Crippen LogP contribution in [0.2, 0.25) is 0 Å². The number of methoxy groups -OCH3 is 2. The van der Waals surface area contributed by atoms with Gasteiger partial charge in [-0.15, -0.1) is 0 Å². The molecule has 9 rings (SSSR count). The van der Waals surface area contributed by atoms with Gasteiger partial charge in [0.05, 0.1) is 62.0 Å². The Hall–Kier alpha value is -7.13. The number of hydrogen-bond acceptors (Lipinski definition) is 13. The van der Waals surface area contributed by atoms with Crippen LogP contribution < -0.4 is 34.9 Å². The number of ether oxygens (including phenoxy) is 4. The number of anilines is 1. The second-order valence-corrected chi connectivity index (χ2v) is 21.6. The van der Waals surface area contributed by atoms with Crippen LogP contribution in [0, 0.1) is 11.8 Å². The number of unbranched alkanes of at least 4 members (excludes halogenated alkanes) is 2. The molecule has 0 unspecified atom stereocenters. The smallest absolute Gasteiger partial charge is 0.269 e. The minimum absolute atomic E-state index is 0.0924. The van der Waals surface area contributed by atoms with Crippen molar-refractivity contribution in [2.75, 3.05) is 39.3 Å². The highest BCUT2D eigenvalue weighted by Gasteiger charge is 2.39. The molecule has 0 aromatic heterocycles. The SMILES string of the molecule is COc1cc2c(cc1OCCCOc1cc3c(cc1OC)C(=O)N1C=C(C4CC4)C[C@@H]1C=N3)N=C[C@H]1CC(c3ccc(NC(=O)[C@@H](C)NC(=O)[C@H](NC(=O)CCCCCN4C(=O)C(Br)=C(Br)C4=O)C(C)C)cc3)=CN1C2=O. The van der Waals surface area contributed by atoms with E-state index in [0.717, 1.165) is 22.5 Å². The summed E-state index contributed by atoms with van der Waals surface area (Å²) in [5.41, 5.74) is 5.36. The highest BCUT2D eigenvalue weighted by Crippen LogP contribution is 2.45. The van der Waals surface area contributed by atoms with Crippen LogP contribution >= 0.6 is 31.9 Å². The maximum Gasteiger partial charge on any atom is 0.269 e. The Morgan fingerprint density at radius 2 is 1.25 bits per heavy atom. The van der Waals surface area contributed by atoms with Gasteiger partial charge in [-0.25, -0.2) is 0 Å². The third kappa shape index (κ3) is 12.0. The van der Waals surface area contributed by atoms with Crippen LogP contribution in [-0.4, -0.2) is 127 Å². The van der Waals surface area contributed by atoms with Crippen molar-refractivity contribution in [3.05, 3.63) is 92.2 Å². The molecule has 5 aliphatic heterocycles. The fourth-order valence-corrected chi connectivity index (χ4v) is 10.5. The molecule has 3 N–H and O–H groups in total. The van der Waals surface area contributed by atoms with Crippen LogP contribution in [0.15, 0.2) is 85.5 Å². The van der Waals surface area contributed by atoms with Gasteiger partial charge in [0.2, 0.25) is 17.7 Å². The average molecular weight is 1180 g/mol. The van der Waals surface area contributed by atoms with E-state index in [9.17, 15) is 33.6 Å². The number of nitrogens with one attached hydrogen (secondary N) is 3. The standard InChI is InChI=1S/C56H60Br2N8O11/c1-30(2)50(63-47(67)10-7-6-8-17-64-55(72)48(57)49(58)56(64)73)52(69)61-31(3)51(68)62-36-15-13-33(14-16-36)35-21-38-27-60-42-25-46(44(75-5)23-40(42)54(71)66(38)29-35)77-19-9-18-76-45-24-41-39(22-43(45)74-4)53(70)65-28-34(32-11-12-32)20-37(65)26-59-41/h13-16,22-32,37-38,50H,6-12,17-21H2,1-5H3,(H,61,69)(H,62,68)(H,63,67)/t31-,37-,38-,50-/m1/s1. The lowest BCUT2D eigenvalue weighted by Gasteiger charge is -2.24. The third-order valence-corrected chi connectivity index (χ3v) is 16.2. The summed E-state index contributed by atoms with van der Waals surface area (Å²) in [6.45, 7) is 5.92. The number of carbonyl (C=O) groups is 7. The molecule has 1 aliphatic carbocycles. The second kappa shape index (κ2) is 23.6. The van der Waals surface area contributed by atoms with Crippen molar-refractivity contribution in [3.63, 3.8) is 0 Å². The van der Waals surface area contributed by atoms with E-state index < -0.39 is 35.7 Å². The van der Waals surface area contributed by atoms with Crippen molar-refractivity contribution >= 4 is 108 Å². The van der Waals surface area contributed by atoms with E-state index in [0.29, 0.717) is 89.2 Å². The van der Waals surface area contributed by atoms with E-state index in [1.54, 1.807) is 73.2 Å². The Kier molecular flexibility index (Phi) is 16.8. The van der Waals surface area contributed by atoms with Gasteiger partial charge in [-0.05, 0) is 124 Å². The third-order valence-electron chi connectivity index (χ3n) is 14.2. The summed E-state index contributed by atoms with van der Waals surface area (Å²) < 4.78 is 24.0. The van der Waals surface area contributed by atoms with Crippen LogP contribution in [0.25, 0.3) is 5.57 Å². The van der Waals surface area contributed by atoms with Gasteiger partial charge in [0.15, 0.2) is 23.0 Å². The average Bonchev–Trinajstić information content (AvgIpc) is 4.06. The van der Waals surface area contributed by atoms with E-state index in [1.165, 1.54) is 32.6 Å². The minimum atomic E-state index is -0.929. The highest BCUT2D eigenvalue weighted by molar-refractivity contribution is 9.14. The van der Waals surface area contributed by atoms with Gasteiger partial charge in [0, 0.05) is 68.5 Å². The number of benzene rings is 3. The van der Waals surface area contributed by atoms with Crippen molar-refractivity contribution in [1.82, 2.24) is 25.3 Å². The molecule has 0 radical (unpaired) electrons. The number of halogens is 2. The predicted molar refractivity (Wildman–Crippen MR) is 295 cm³/mol. The molecule has 6 aliphatic rings. The molecule has 0 bridgehead atoms. The van der Waals surface area contributed by atoms with Crippen molar-refractivity contribution < 1.29 is 52.5 Å². The number of aliphatic imine (C=N–C) groups is 2. The second-order valence-electron chi connectivity index (χ2n) is 20.0. The first-order valence-corrected chi connectivity index (χ1v) is 27.4. The zero-order chi connectivity index (χ0) is 54.7. The van der Waals surface area contributed by atoms with Crippen LogP contribution in [0.5, 0.6) is 23.0 Å². The Morgan fingerprint density at radius 1 is 0.675 bits per heavy atom. The number of imide groups is 1. The first-order chi connectivity index (χ1) is 37.0. The summed E-state index contributed by atoms with van der Waals surface area (Å²) in [7, 11) is 3.05. The molecule has 19 nitrogen and oxygen atoms in total. The van der Waals surface area contributed by atoms with E-state index in [2.05, 4.69) is 47.8 Å². The van der Waals surface area contributed by atoms with Crippen molar-refractivity contribution in [1.29, 1.82) is 0 Å². The molecule has 1 saturated carbocycles. The summed E-state index contributed by atoms with van der Waals surface area (Å²) >= 11 is 6.23. The van der Waals surface area contributed by atoms with Crippen LogP contribution in [0.1, 0.15) is 105 Å². The van der Waals surface area contributed by atoms with Crippen LogP contribution in [0.4, 0.5) is 17.1 Å². The molecule has 21 heteroatoms. The van der Waals surface area contributed by atoms with Crippen LogP contribution in [0.3, 0.4) is 0 Å². The van der Waals surface area contributed by atoms with E-state index in [4.69, 9.17) is 28.9 Å². The summed E-state index contributed by atoms with van der Waals surface area (Å²) in [6.07, 6.45) is 13.3. The normalized spacial score (nSPS) is 19.2. The first-order valence-electron chi connectivity index (χ1n) is 25.8. The van der Waals surface area contributed by atoms with Gasteiger partial charge < -0.3 is 44.7 Å². The summed E-state index contributed by atoms with van der Waals surface area (Å²) in [6, 6.07) is 11.7. The Balaban J connectivity index is 0.731. The quantitative estimate of drug-likeness (QED) is 0.0641. The molecule has 1 fully saturated rings. The fourth-order valence-electron chi connectivity index (χ4n) is 9.75. The van der Waals surface area contributed by atoms with E-state index in [1.807, 2.05) is 30.7 Å². The van der Waals surface area contributed by atoms with Crippen molar-refractivity contribution in [3.8, 4) is 23.0 Å². The molecule has 0 spiro atoms. The molecular weight excluding hydrogens is 1120 g/mol. The van der Waals surface area contributed by atoms with Gasteiger partial charge in [-0.1, -0.05) is 32.4 Å². The van der Waals surface area contributed by atoms with Gasteiger partial charge >= 0.3 is 0 Å². The molecule has 5 heterocycles. The predicted octanol–water partition coefficient (Wildman–Crippen LogP) is 8.26. The minimum Gasteiger partial charge on any atom is -0.493 e. The van der Waals surface area contributed by atoms with Gasteiger partial charge in [-0.2, -0.15) is 0 Å². The van der Waals surface area contributed by atoms with E-state index in [-0.39, 0.29) is 70.9 Å². The molecule has 0 saturated heterocycles. The van der Waals surface area contributed by atoms with Crippen molar-refractivity contribution in [2.24, 2.45) is 21.8 Å². The number of rotatable bonds is 22. The van der Waals surface area contributed by atoms with Crippen LogP contribution in [-0.2, 0) is 24.0 Å². The lowest BCUT2D eigenvalue weighted by atomic mass is 10.0. The zero-order valence-corrected chi connectivity index (χ0v) is 46.5. The Labute approximate surface area is 462 Å². The molecule has 3 aromatic carbocycles. The van der Waals surface area contributed by atoms with Gasteiger partial charge in [0.25, 0.3) is 23.6 Å². The van der Waals surface area contributed by atoms with Gasteiger partial charge in [-0.3, -0.25) is 48.4 Å². The summed E-state index contributed by atoms with van der Waals surface area (Å²) in [4.78, 5) is 106. The Bertz CT molecular complexity index is 3030. The maximum absolute atomic E-state index is 14.1. The molecule has 3 aromatic rings. The maximum atomic E-state index is 14.1. The number of carbonyl (C=O) groups excluding carboxylic acids is 7. The zero-order valence-electron chi connectivity index (χ0n) is 43.4. The monoisotopic (exact) mass is 1180 g/mol. The van der Waals surface area contributed by atoms with E-state index >= 15 is 0 Å². The number of amides is 7. The highest BCUT2D eigenvalue weighted by atomic mass is 79.9. The number of nitrogens with zero attached hydrogens (tertiary/aromatic N) is 5. The lowest BCUT2D eigenvalue weighted by Crippen LogP contribution is -2.53. The molecular formula is C56H60Br2N8O11. The number of hydrogen-bond donors (Lipinski definition) is 3. The van der Waals surface area contributed by atoms with Gasteiger partial charge in [0.1, 0.15) is 21.0 Å². The Morgan fingerprint density at radius 3 is 1.81 bits per heavy atom. The number of fused-ring (bicyclic) bond motifs is 4. The fraction of sp³-hybridized carbons (Fsp3) is 0.411. The van der Waals surface area contributed by atoms with Crippen molar-refractivity contribution in [2.45, 2.75) is 103 Å². The first kappa shape index (κ1) is 54.7. The largest absolute Gasteiger partial charge is 0.493 e. The molecule has 4 atom stereocenters. The molecule has 404 valence electrons. The summed E-state index contributed by atoms with van der Waals surface area (Å²) in [5, 5.41) is 8.34. The molecule has 7 amide bonds. The lowest BCUT2D eigenvalue weighted by molar-refractivity contribution is -0.137. The molecule has 77 heavy (non-hydrogen) atoms.